The number of alkyl halides is 4. The molecule has 0 unspecified atom stereocenters. The third-order valence-electron chi connectivity index (χ3n) is 10.5. The molecule has 0 radical (unpaired) electrons. The second-order valence-electron chi connectivity index (χ2n) is 14.3. The molecule has 282 valence electrons. The lowest BCUT2D eigenvalue weighted by molar-refractivity contribution is -0.123. The van der Waals surface area contributed by atoms with Gasteiger partial charge in [-0.05, 0) is 80.0 Å². The normalized spacial score (nSPS) is 19.8. The third kappa shape index (κ3) is 6.24. The fraction of sp³-hybridized carbons (Fsp3) is 0.361. The standard InChI is InChI=1S/C36H29ClF6N6O4S/c1-35(4-5-35)54(52,53)15-28(50)22-9-17(2-3-24(22)37)20-12-25-27(13-44-47-25)46-31(20)26(8-16-6-18(38)10-19(39)7-16)45-29(51)14-49-33-30(32(48-49)34(40)41)21-11-23(21)36(33,42)43/h2-3,6-7,9-10,12-13,21,23,26,34H,4-5,8,11,14-15H2,1H3,(H,44,47)(H,45,51)/t21-,23+,26-/m0/s1. The Labute approximate surface area is 308 Å². The smallest absolute Gasteiger partial charge is 0.293 e. The van der Waals surface area contributed by atoms with E-state index < -0.39 is 91.8 Å². The predicted molar refractivity (Wildman–Crippen MR) is 183 cm³/mol. The lowest BCUT2D eigenvalue weighted by atomic mass is 9.93. The van der Waals surface area contributed by atoms with Gasteiger partial charge in [0.25, 0.3) is 12.3 Å². The molecule has 1 amide bonds. The Morgan fingerprint density at radius 3 is 2.48 bits per heavy atom. The molecule has 5 aromatic rings. The van der Waals surface area contributed by atoms with Gasteiger partial charge >= 0.3 is 0 Å². The summed E-state index contributed by atoms with van der Waals surface area (Å²) in [7, 11) is -3.81. The number of rotatable bonds is 12. The molecule has 0 saturated heterocycles. The number of aromatic nitrogens is 5. The number of benzene rings is 2. The Bertz CT molecular complexity index is 2480. The maximum atomic E-state index is 15.3. The molecule has 3 atom stereocenters. The van der Waals surface area contributed by atoms with E-state index >= 15 is 8.78 Å². The van der Waals surface area contributed by atoms with Crippen molar-refractivity contribution in [3.05, 3.63) is 99.1 Å². The second-order valence-corrected chi connectivity index (χ2v) is 17.2. The van der Waals surface area contributed by atoms with Crippen molar-refractivity contribution >= 4 is 44.2 Å². The topological polar surface area (TPSA) is 140 Å². The van der Waals surface area contributed by atoms with Gasteiger partial charge in [0.15, 0.2) is 15.6 Å². The first-order chi connectivity index (χ1) is 25.5. The van der Waals surface area contributed by atoms with E-state index in [1.165, 1.54) is 24.4 Å². The molecule has 2 aromatic carbocycles. The fourth-order valence-electron chi connectivity index (χ4n) is 7.34. The van der Waals surface area contributed by atoms with Gasteiger partial charge in [0.05, 0.1) is 33.2 Å². The molecule has 18 heteroatoms. The lowest BCUT2D eigenvalue weighted by Gasteiger charge is -2.23. The van der Waals surface area contributed by atoms with E-state index in [0.29, 0.717) is 29.1 Å². The Balaban J connectivity index is 1.19. The summed E-state index contributed by atoms with van der Waals surface area (Å²) in [6.07, 6.45) is -1.21. The maximum absolute atomic E-state index is 15.3. The zero-order valence-corrected chi connectivity index (χ0v) is 29.7. The summed E-state index contributed by atoms with van der Waals surface area (Å²) in [6.45, 7) is 0.671. The van der Waals surface area contributed by atoms with Crippen LogP contribution in [0.4, 0.5) is 26.3 Å². The van der Waals surface area contributed by atoms with E-state index in [4.69, 9.17) is 11.6 Å². The number of carbonyl (C=O) groups excluding carboxylic acids is 2. The van der Waals surface area contributed by atoms with Crippen LogP contribution in [0.1, 0.15) is 83.1 Å². The van der Waals surface area contributed by atoms with Gasteiger partial charge in [-0.15, -0.1) is 0 Å². The Morgan fingerprint density at radius 1 is 1.07 bits per heavy atom. The number of pyridine rings is 1. The molecule has 3 heterocycles. The van der Waals surface area contributed by atoms with Gasteiger partial charge in [-0.1, -0.05) is 17.7 Å². The summed E-state index contributed by atoms with van der Waals surface area (Å²) in [5.41, 5.74) is -0.541. The third-order valence-corrected chi connectivity index (χ3v) is 13.4. The second kappa shape index (κ2) is 12.6. The van der Waals surface area contributed by atoms with Crippen LogP contribution < -0.4 is 5.32 Å². The number of nitrogens with zero attached hydrogens (tertiary/aromatic N) is 4. The van der Waals surface area contributed by atoms with Crippen LogP contribution in [0.2, 0.25) is 5.02 Å². The number of H-pyrrole nitrogens is 1. The highest BCUT2D eigenvalue weighted by Gasteiger charge is 2.67. The summed E-state index contributed by atoms with van der Waals surface area (Å²) in [4.78, 5) is 31.9. The number of sulfone groups is 1. The number of amides is 1. The van der Waals surface area contributed by atoms with E-state index in [1.54, 1.807) is 13.0 Å². The monoisotopic (exact) mass is 790 g/mol. The zero-order chi connectivity index (χ0) is 38.5. The Morgan fingerprint density at radius 2 is 1.80 bits per heavy atom. The van der Waals surface area contributed by atoms with Gasteiger partial charge in [0, 0.05) is 28.7 Å². The van der Waals surface area contributed by atoms with Crippen LogP contribution in [-0.4, -0.2) is 55.6 Å². The Hall–Kier alpha value is -4.77. The van der Waals surface area contributed by atoms with E-state index in [2.05, 4.69) is 25.6 Å². The van der Waals surface area contributed by atoms with E-state index in [9.17, 15) is 35.6 Å². The van der Waals surface area contributed by atoms with Gasteiger partial charge in [-0.25, -0.2) is 31.0 Å². The molecule has 2 saturated carbocycles. The number of Topliss-reactive ketones (excluding diaryl/α,β-unsaturated/α-hetero) is 1. The fourth-order valence-corrected chi connectivity index (χ4v) is 9.14. The van der Waals surface area contributed by atoms with Crippen molar-refractivity contribution in [3.63, 3.8) is 0 Å². The van der Waals surface area contributed by atoms with Gasteiger partial charge in [0.2, 0.25) is 5.91 Å². The van der Waals surface area contributed by atoms with E-state index in [-0.39, 0.29) is 56.9 Å². The quantitative estimate of drug-likeness (QED) is 0.101. The number of hydrogen-bond donors (Lipinski definition) is 2. The first-order valence-corrected chi connectivity index (χ1v) is 18.9. The molecular formula is C36H29ClF6N6O4S. The molecule has 3 aromatic heterocycles. The molecule has 0 spiro atoms. The van der Waals surface area contributed by atoms with Crippen LogP contribution in [0.25, 0.3) is 22.2 Å². The van der Waals surface area contributed by atoms with Gasteiger partial charge < -0.3 is 5.32 Å². The average molecular weight is 791 g/mol. The van der Waals surface area contributed by atoms with Crippen LogP contribution in [0, 0.1) is 17.6 Å². The predicted octanol–water partition coefficient (Wildman–Crippen LogP) is 7.15. The van der Waals surface area contributed by atoms with Crippen molar-refractivity contribution in [3.8, 4) is 11.1 Å². The van der Waals surface area contributed by atoms with Crippen molar-refractivity contribution in [2.75, 3.05) is 5.75 Å². The van der Waals surface area contributed by atoms with Crippen molar-refractivity contribution in [2.45, 2.75) is 68.2 Å². The molecule has 54 heavy (non-hydrogen) atoms. The van der Waals surface area contributed by atoms with Crippen LogP contribution in [0.15, 0.2) is 48.7 Å². The number of halogens is 7. The summed E-state index contributed by atoms with van der Waals surface area (Å²) in [5.74, 6) is -9.76. The van der Waals surface area contributed by atoms with Crippen LogP contribution in [0.3, 0.4) is 0 Å². The number of nitrogens with one attached hydrogen (secondary N) is 2. The van der Waals surface area contributed by atoms with Crippen LogP contribution in [0.5, 0.6) is 0 Å². The first-order valence-electron chi connectivity index (χ1n) is 16.9. The van der Waals surface area contributed by atoms with Crippen molar-refractivity contribution in [2.24, 2.45) is 5.92 Å². The molecule has 0 aliphatic heterocycles. The molecule has 10 nitrogen and oxygen atoms in total. The minimum Gasteiger partial charge on any atom is -0.346 e. The molecular weight excluding hydrogens is 762 g/mol. The van der Waals surface area contributed by atoms with Crippen molar-refractivity contribution in [1.82, 2.24) is 30.3 Å². The summed E-state index contributed by atoms with van der Waals surface area (Å²) in [6, 6.07) is 7.30. The molecule has 3 aliphatic carbocycles. The van der Waals surface area contributed by atoms with Crippen molar-refractivity contribution in [1.29, 1.82) is 0 Å². The average Bonchev–Trinajstić information content (AvgIpc) is 3.94. The van der Waals surface area contributed by atoms with Crippen LogP contribution >= 0.6 is 11.6 Å². The highest BCUT2D eigenvalue weighted by atomic mass is 35.5. The number of carbonyl (C=O) groups is 2. The van der Waals surface area contributed by atoms with Crippen molar-refractivity contribution < 1.29 is 44.3 Å². The summed E-state index contributed by atoms with van der Waals surface area (Å²) >= 11 is 6.41. The van der Waals surface area contributed by atoms with Gasteiger partial charge in [0.1, 0.15) is 40.8 Å². The van der Waals surface area contributed by atoms with Crippen LogP contribution in [-0.2, 0) is 33.5 Å². The first kappa shape index (κ1) is 36.2. The zero-order valence-electron chi connectivity index (χ0n) is 28.1. The largest absolute Gasteiger partial charge is 0.346 e. The summed E-state index contributed by atoms with van der Waals surface area (Å²) in [5, 5.41) is 13.1. The molecule has 2 N–H and O–H groups in total. The van der Waals surface area contributed by atoms with Gasteiger partial charge in [-0.2, -0.15) is 19.0 Å². The molecule has 0 bridgehead atoms. The number of hydrogen-bond acceptors (Lipinski definition) is 7. The minimum absolute atomic E-state index is 0.0264. The number of aromatic amines is 1. The molecule has 3 aliphatic rings. The van der Waals surface area contributed by atoms with Gasteiger partial charge in [-0.3, -0.25) is 19.4 Å². The number of fused-ring (bicyclic) bond motifs is 4. The molecule has 8 rings (SSSR count). The number of ketones is 1. The molecule has 2 fully saturated rings. The summed E-state index contributed by atoms with van der Waals surface area (Å²) < 4.78 is 113. The lowest BCUT2D eigenvalue weighted by Crippen LogP contribution is -2.35. The van der Waals surface area contributed by atoms with E-state index in [0.717, 1.165) is 12.1 Å². The maximum Gasteiger partial charge on any atom is 0.293 e. The Kier molecular flexibility index (Phi) is 8.48. The SMILES string of the molecule is CC1(S(=O)(=O)CC(=O)c2cc(-c3cc4[nH]ncc4nc3[C@H](Cc3cc(F)cc(F)c3)NC(=O)Cn3nc(C(F)F)c4c3C(F)(F)[C@@H]3C[C@H]43)ccc2Cl)CC1. The van der Waals surface area contributed by atoms with E-state index in [1.807, 2.05) is 0 Å². The highest BCUT2D eigenvalue weighted by molar-refractivity contribution is 7.93. The highest BCUT2D eigenvalue weighted by Crippen LogP contribution is 2.68. The minimum atomic E-state index is -3.81.